The van der Waals surface area contributed by atoms with Crippen molar-refractivity contribution in [1.29, 1.82) is 0 Å². The maximum Gasteiger partial charge on any atom is 0.0553 e. The van der Waals surface area contributed by atoms with E-state index in [1.54, 1.807) is 28.4 Å². The van der Waals surface area contributed by atoms with Crippen LogP contribution in [0.25, 0.3) is 0 Å². The Morgan fingerprint density at radius 3 is 1.32 bits per heavy atom. The van der Waals surface area contributed by atoms with Gasteiger partial charge in [-0.1, -0.05) is 84.4 Å². The lowest BCUT2D eigenvalue weighted by atomic mass is 9.81. The fourth-order valence-electron chi connectivity index (χ4n) is 4.10. The fourth-order valence-corrected chi connectivity index (χ4v) is 4.23. The van der Waals surface area contributed by atoms with Crippen molar-refractivity contribution < 1.29 is 18.9 Å². The molecule has 0 atom stereocenters. The Morgan fingerprint density at radius 1 is 0.529 bits per heavy atom. The zero-order valence-electron chi connectivity index (χ0n) is 20.7. The summed E-state index contributed by atoms with van der Waals surface area (Å²) in [6, 6.07) is 28.9. The molecule has 0 aliphatic rings. The molecule has 0 unspecified atom stereocenters. The van der Waals surface area contributed by atoms with Gasteiger partial charge in [0.15, 0.2) is 0 Å². The van der Waals surface area contributed by atoms with Crippen LogP contribution in [0.3, 0.4) is 0 Å². The first kappa shape index (κ1) is 28.0. The minimum atomic E-state index is 0.280. The zero-order chi connectivity index (χ0) is 24.6. The normalized spacial score (nSPS) is 11.1. The van der Waals surface area contributed by atoms with Crippen LogP contribution >= 0.6 is 11.6 Å². The second-order valence-corrected chi connectivity index (χ2v) is 8.57. The Labute approximate surface area is 209 Å². The number of hydrogen-bond acceptors (Lipinski definition) is 4. The molecular weight excluding hydrogens is 448 g/mol. The monoisotopic (exact) mass is 484 g/mol. The van der Waals surface area contributed by atoms with Crippen LogP contribution in [0.15, 0.2) is 84.9 Å². The van der Waals surface area contributed by atoms with Crippen LogP contribution in [0.2, 0.25) is 5.02 Å². The van der Waals surface area contributed by atoms with Gasteiger partial charge in [0.2, 0.25) is 0 Å². The number of hydrogen-bond donors (Lipinski definition) is 0. The van der Waals surface area contributed by atoms with Gasteiger partial charge in [-0.3, -0.25) is 0 Å². The Hall–Kier alpha value is -2.21. The van der Waals surface area contributed by atoms with Gasteiger partial charge >= 0.3 is 0 Å². The van der Waals surface area contributed by atoms with Crippen LogP contribution in [0.5, 0.6) is 0 Å². The Balaban J connectivity index is 0.000000257. The summed E-state index contributed by atoms with van der Waals surface area (Å²) in [6.45, 7) is 2.69. The van der Waals surface area contributed by atoms with Gasteiger partial charge in [-0.2, -0.15) is 0 Å². The van der Waals surface area contributed by atoms with Crippen LogP contribution in [0.4, 0.5) is 0 Å². The van der Waals surface area contributed by atoms with Crippen LogP contribution < -0.4 is 0 Å². The molecule has 0 aliphatic carbocycles. The summed E-state index contributed by atoms with van der Waals surface area (Å²) < 4.78 is 21.1. The predicted octanol–water partition coefficient (Wildman–Crippen LogP) is 6.44. The van der Waals surface area contributed by atoms with Crippen molar-refractivity contribution in [3.63, 3.8) is 0 Å². The summed E-state index contributed by atoms with van der Waals surface area (Å²) in [5.74, 6) is 0.870. The molecule has 3 aromatic rings. The zero-order valence-corrected chi connectivity index (χ0v) is 21.4. The van der Waals surface area contributed by atoms with E-state index in [9.17, 15) is 0 Å². The molecule has 0 heterocycles. The second-order valence-electron chi connectivity index (χ2n) is 8.13. The number of methoxy groups -OCH3 is 4. The summed E-state index contributed by atoms with van der Waals surface area (Å²) in [7, 11) is 6.88. The minimum absolute atomic E-state index is 0.280. The molecular formula is C29H37ClO4. The maximum absolute atomic E-state index is 5.81. The summed E-state index contributed by atoms with van der Waals surface area (Å²) in [6.07, 6.45) is 0. The van der Waals surface area contributed by atoms with Crippen molar-refractivity contribution in [2.45, 2.75) is 11.8 Å². The molecule has 4 nitrogen and oxygen atoms in total. The highest BCUT2D eigenvalue weighted by Gasteiger charge is 2.24. The summed E-state index contributed by atoms with van der Waals surface area (Å²) >= 11 is 5.81. The van der Waals surface area contributed by atoms with Crippen molar-refractivity contribution in [1.82, 2.24) is 0 Å². The van der Waals surface area contributed by atoms with E-state index in [-0.39, 0.29) is 11.8 Å². The van der Waals surface area contributed by atoms with Crippen molar-refractivity contribution in [3.8, 4) is 0 Å². The average Bonchev–Trinajstić information content (AvgIpc) is 2.87. The molecule has 0 fully saturated rings. The molecule has 0 N–H and O–H groups in total. The first-order valence-corrected chi connectivity index (χ1v) is 11.8. The molecule has 0 amide bonds. The first-order chi connectivity index (χ1) is 16.6. The molecule has 0 aromatic heterocycles. The lowest BCUT2D eigenvalue weighted by Gasteiger charge is -2.27. The third kappa shape index (κ3) is 9.21. The molecule has 184 valence electrons. The van der Waals surface area contributed by atoms with E-state index in [0.717, 1.165) is 5.02 Å². The van der Waals surface area contributed by atoms with Crippen molar-refractivity contribution in [3.05, 3.63) is 107 Å². The molecule has 3 aromatic carbocycles. The molecule has 0 saturated carbocycles. The van der Waals surface area contributed by atoms with E-state index in [1.807, 2.05) is 36.4 Å². The van der Waals surface area contributed by atoms with Gasteiger partial charge in [-0.05, 0) is 28.8 Å². The Morgan fingerprint density at radius 2 is 0.941 bits per heavy atom. The van der Waals surface area contributed by atoms with E-state index >= 15 is 0 Å². The lowest BCUT2D eigenvalue weighted by molar-refractivity contribution is 0.0768. The van der Waals surface area contributed by atoms with E-state index in [0.29, 0.717) is 32.3 Å². The molecule has 5 heteroatoms. The second kappa shape index (κ2) is 16.4. The number of benzene rings is 3. The molecule has 0 radical (unpaired) electrons. The molecule has 0 bridgehead atoms. The standard InChI is InChI=1S/C18H22O2.C11H15ClO2/c1-19-13-17(14-20-2)18(15-9-5-3-6-10-15)16-11-7-4-8-12-16;1-13-7-10(8-14-2)9-3-5-11(12)6-4-9/h3-12,17-18H,13-14H2,1-2H3;3-6,10H,7-8H2,1-2H3. The quantitative estimate of drug-likeness (QED) is 0.296. The van der Waals surface area contributed by atoms with E-state index in [4.69, 9.17) is 30.5 Å². The third-order valence-electron chi connectivity index (χ3n) is 5.63. The van der Waals surface area contributed by atoms with E-state index in [1.165, 1.54) is 16.7 Å². The van der Waals surface area contributed by atoms with Crippen molar-refractivity contribution in [2.75, 3.05) is 54.9 Å². The van der Waals surface area contributed by atoms with Gasteiger partial charge in [0, 0.05) is 51.2 Å². The van der Waals surface area contributed by atoms with Gasteiger partial charge in [-0.25, -0.2) is 0 Å². The SMILES string of the molecule is COCC(COC)C(c1ccccc1)c1ccccc1.COCC(COC)c1ccc(Cl)cc1. The van der Waals surface area contributed by atoms with Gasteiger partial charge in [0.1, 0.15) is 0 Å². The van der Waals surface area contributed by atoms with Gasteiger partial charge in [0.25, 0.3) is 0 Å². The highest BCUT2D eigenvalue weighted by Crippen LogP contribution is 2.32. The van der Waals surface area contributed by atoms with Gasteiger partial charge in [-0.15, -0.1) is 0 Å². The van der Waals surface area contributed by atoms with Crippen molar-refractivity contribution >= 4 is 11.6 Å². The van der Waals surface area contributed by atoms with Gasteiger partial charge < -0.3 is 18.9 Å². The number of halogens is 1. The predicted molar refractivity (Wildman–Crippen MR) is 140 cm³/mol. The van der Waals surface area contributed by atoms with E-state index < -0.39 is 0 Å². The molecule has 3 rings (SSSR count). The largest absolute Gasteiger partial charge is 0.384 e. The molecule has 0 saturated heterocycles. The first-order valence-electron chi connectivity index (χ1n) is 11.5. The molecule has 0 aliphatic heterocycles. The molecule has 0 spiro atoms. The smallest absolute Gasteiger partial charge is 0.0553 e. The lowest BCUT2D eigenvalue weighted by Crippen LogP contribution is -2.23. The van der Waals surface area contributed by atoms with Gasteiger partial charge in [0.05, 0.1) is 26.4 Å². The van der Waals surface area contributed by atoms with Crippen LogP contribution in [-0.2, 0) is 18.9 Å². The van der Waals surface area contributed by atoms with Crippen molar-refractivity contribution in [2.24, 2.45) is 5.92 Å². The van der Waals surface area contributed by atoms with E-state index in [2.05, 4.69) is 48.5 Å². The highest BCUT2D eigenvalue weighted by molar-refractivity contribution is 6.30. The Kier molecular flexibility index (Phi) is 13.5. The maximum atomic E-state index is 5.81. The summed E-state index contributed by atoms with van der Waals surface area (Å²) in [5.41, 5.74) is 3.80. The summed E-state index contributed by atoms with van der Waals surface area (Å²) in [5, 5.41) is 0.752. The van der Waals surface area contributed by atoms with Crippen LogP contribution in [0.1, 0.15) is 28.5 Å². The number of ether oxygens (including phenoxy) is 4. The fraction of sp³-hybridized carbons (Fsp3) is 0.379. The third-order valence-corrected chi connectivity index (χ3v) is 5.88. The van der Waals surface area contributed by atoms with Crippen LogP contribution in [-0.4, -0.2) is 54.9 Å². The molecule has 34 heavy (non-hydrogen) atoms. The van der Waals surface area contributed by atoms with Crippen LogP contribution in [0, 0.1) is 5.92 Å². The number of rotatable bonds is 12. The average molecular weight is 485 g/mol. The summed E-state index contributed by atoms with van der Waals surface area (Å²) in [4.78, 5) is 0. The topological polar surface area (TPSA) is 36.9 Å². The highest BCUT2D eigenvalue weighted by atomic mass is 35.5. The minimum Gasteiger partial charge on any atom is -0.384 e. The Bertz CT molecular complexity index is 836.